The lowest BCUT2D eigenvalue weighted by molar-refractivity contribution is -0.898. The number of nitrogens with one attached hydrogen (secondary N) is 1. The Kier molecular flexibility index (Phi) is 5.88. The fourth-order valence-electron chi connectivity index (χ4n) is 3.20. The van der Waals surface area contributed by atoms with E-state index in [1.807, 2.05) is 6.20 Å². The third-order valence-corrected chi connectivity index (χ3v) is 4.42. The maximum absolute atomic E-state index is 10.1. The average molecular weight is 312 g/mol. The van der Waals surface area contributed by atoms with Crippen LogP contribution in [0.15, 0.2) is 42.6 Å². The number of likely N-dealkylation sites (tertiary alicyclic amines) is 1. The van der Waals surface area contributed by atoms with E-state index in [9.17, 15) is 9.90 Å². The molecule has 0 aliphatic carbocycles. The van der Waals surface area contributed by atoms with Gasteiger partial charge in [0, 0.05) is 30.3 Å². The summed E-state index contributed by atoms with van der Waals surface area (Å²) in [5, 5.41) is 10.1. The van der Waals surface area contributed by atoms with E-state index >= 15 is 0 Å². The number of hydrogen-bond acceptors (Lipinski definition) is 3. The van der Waals surface area contributed by atoms with Crippen molar-refractivity contribution in [3.8, 4) is 0 Å². The first-order valence-electron chi connectivity index (χ1n) is 8.01. The minimum Gasteiger partial charge on any atom is -0.545 e. The van der Waals surface area contributed by atoms with Crippen LogP contribution in [0.25, 0.3) is 0 Å². The number of aromatic nitrogens is 1. The molecule has 1 aliphatic heterocycles. The van der Waals surface area contributed by atoms with Crippen molar-refractivity contribution in [3.63, 3.8) is 0 Å². The van der Waals surface area contributed by atoms with Gasteiger partial charge in [0.05, 0.1) is 19.6 Å². The van der Waals surface area contributed by atoms with E-state index in [1.165, 1.54) is 48.3 Å². The highest BCUT2D eigenvalue weighted by Crippen LogP contribution is 2.23. The quantitative estimate of drug-likeness (QED) is 0.903. The van der Waals surface area contributed by atoms with Gasteiger partial charge in [-0.2, -0.15) is 0 Å². The molecule has 0 amide bonds. The van der Waals surface area contributed by atoms with Gasteiger partial charge in [-0.05, 0) is 31.0 Å². The summed E-state index contributed by atoms with van der Waals surface area (Å²) in [4.78, 5) is 16.1. The number of aromatic carboxylic acids is 1. The number of rotatable bonds is 2. The smallest absolute Gasteiger partial charge is 0.115 e. The summed E-state index contributed by atoms with van der Waals surface area (Å²) in [6.07, 6.45) is 4.59. The number of carbonyl (C=O) groups excluding carboxylic acids is 1. The summed E-state index contributed by atoms with van der Waals surface area (Å²) in [5.74, 6) is -1.13. The molecule has 1 aromatic carbocycles. The molecule has 0 saturated carbocycles. The third kappa shape index (κ3) is 4.39. The zero-order valence-corrected chi connectivity index (χ0v) is 14.0. The molecule has 1 unspecified atom stereocenters. The Labute approximate surface area is 137 Å². The monoisotopic (exact) mass is 312 g/mol. The summed E-state index contributed by atoms with van der Waals surface area (Å²) in [5.41, 5.74) is 4.33. The van der Waals surface area contributed by atoms with E-state index in [2.05, 4.69) is 31.9 Å². The Morgan fingerprint density at radius 3 is 2.39 bits per heavy atom. The highest BCUT2D eigenvalue weighted by Gasteiger charge is 2.29. The molecule has 122 valence electrons. The van der Waals surface area contributed by atoms with Crippen LogP contribution in [0.1, 0.15) is 46.1 Å². The molecule has 2 aromatic rings. The van der Waals surface area contributed by atoms with E-state index in [-0.39, 0.29) is 5.56 Å². The average Bonchev–Trinajstić information content (AvgIpc) is 2.95. The number of quaternary nitrogens is 1. The lowest BCUT2D eigenvalue weighted by atomic mass is 9.98. The lowest BCUT2D eigenvalue weighted by Crippen LogP contribution is -3.07. The molecule has 4 nitrogen and oxygen atoms in total. The largest absolute Gasteiger partial charge is 0.545 e. The van der Waals surface area contributed by atoms with Crippen molar-refractivity contribution in [1.29, 1.82) is 0 Å². The molecule has 0 bridgehead atoms. The molecule has 23 heavy (non-hydrogen) atoms. The summed E-state index contributed by atoms with van der Waals surface area (Å²) < 4.78 is 0. The van der Waals surface area contributed by atoms with Crippen molar-refractivity contribution in [2.24, 2.45) is 0 Å². The van der Waals surface area contributed by atoms with Gasteiger partial charge < -0.3 is 14.8 Å². The zero-order chi connectivity index (χ0) is 16.8. The van der Waals surface area contributed by atoms with E-state index in [0.29, 0.717) is 6.04 Å². The van der Waals surface area contributed by atoms with Gasteiger partial charge in [0.1, 0.15) is 6.04 Å². The van der Waals surface area contributed by atoms with Crippen LogP contribution in [0.5, 0.6) is 0 Å². The molecule has 1 N–H and O–H groups in total. The fraction of sp³-hybridized carbons (Fsp3) is 0.368. The second-order valence-electron chi connectivity index (χ2n) is 6.07. The van der Waals surface area contributed by atoms with Crippen LogP contribution in [0, 0.1) is 13.8 Å². The number of nitrogens with zero attached hydrogens (tertiary/aromatic N) is 1. The van der Waals surface area contributed by atoms with Gasteiger partial charge in [-0.15, -0.1) is 0 Å². The molecule has 0 radical (unpaired) electrons. The molecule has 1 aliphatic rings. The van der Waals surface area contributed by atoms with Crippen molar-refractivity contribution in [2.75, 3.05) is 13.6 Å². The highest BCUT2D eigenvalue weighted by molar-refractivity contribution is 5.85. The van der Waals surface area contributed by atoms with Crippen LogP contribution < -0.4 is 10.0 Å². The minimum atomic E-state index is -1.13. The Morgan fingerprint density at radius 2 is 1.91 bits per heavy atom. The van der Waals surface area contributed by atoms with Crippen LogP contribution in [-0.4, -0.2) is 24.5 Å². The number of hydrogen-bond donors (Lipinski definition) is 1. The van der Waals surface area contributed by atoms with Gasteiger partial charge >= 0.3 is 0 Å². The number of benzene rings is 1. The van der Waals surface area contributed by atoms with Gasteiger partial charge in [0.25, 0.3) is 0 Å². The predicted molar refractivity (Wildman–Crippen MR) is 88.2 cm³/mol. The van der Waals surface area contributed by atoms with Gasteiger partial charge in [0.2, 0.25) is 0 Å². The summed E-state index contributed by atoms with van der Waals surface area (Å²) in [6.45, 7) is 5.64. The topological polar surface area (TPSA) is 57.5 Å². The van der Waals surface area contributed by atoms with Crippen molar-refractivity contribution in [2.45, 2.75) is 32.7 Å². The van der Waals surface area contributed by atoms with Gasteiger partial charge in [-0.3, -0.25) is 4.98 Å². The first-order chi connectivity index (χ1) is 11.0. The van der Waals surface area contributed by atoms with Gasteiger partial charge in [0.15, 0.2) is 0 Å². The normalized spacial score (nSPS) is 19.8. The van der Waals surface area contributed by atoms with Crippen LogP contribution in [0.3, 0.4) is 0 Å². The summed E-state index contributed by atoms with van der Waals surface area (Å²) >= 11 is 0. The lowest BCUT2D eigenvalue weighted by Gasteiger charge is -2.20. The van der Waals surface area contributed by atoms with Gasteiger partial charge in [-0.1, -0.05) is 30.3 Å². The fourth-order valence-corrected chi connectivity index (χ4v) is 3.20. The Hall–Kier alpha value is -2.20. The zero-order valence-electron chi connectivity index (χ0n) is 14.0. The Balaban J connectivity index is 0.000000185. The van der Waals surface area contributed by atoms with Crippen LogP contribution >= 0.6 is 0 Å². The number of carboxylic acids is 1. The van der Waals surface area contributed by atoms with Crippen LogP contribution in [0.2, 0.25) is 0 Å². The maximum atomic E-state index is 10.1. The Morgan fingerprint density at radius 1 is 1.22 bits per heavy atom. The number of pyridine rings is 1. The molecule has 4 heteroatoms. The molecule has 2 heterocycles. The minimum absolute atomic E-state index is 0.220. The molecular formula is C19H24N2O2. The summed E-state index contributed by atoms with van der Waals surface area (Å²) in [7, 11) is 2.30. The number of aryl methyl sites for hydroxylation is 2. The van der Waals surface area contributed by atoms with E-state index in [0.717, 1.165) is 0 Å². The van der Waals surface area contributed by atoms with Crippen molar-refractivity contribution < 1.29 is 14.8 Å². The summed E-state index contributed by atoms with van der Waals surface area (Å²) in [6, 6.07) is 10.9. The molecule has 1 aromatic heterocycles. The standard InChI is InChI=1S/C12H18N2.C7H6O2/c1-9-6-7-13-10(2)12(9)11-5-4-8-14(11)3;8-7(9)6-4-2-1-3-5-6/h6-7,11H,4-5,8H2,1-3H3;1-5H,(H,8,9)/t11-;/m0./s1. The van der Waals surface area contributed by atoms with Crippen LogP contribution in [-0.2, 0) is 0 Å². The third-order valence-electron chi connectivity index (χ3n) is 4.42. The van der Waals surface area contributed by atoms with Gasteiger partial charge in [-0.25, -0.2) is 0 Å². The van der Waals surface area contributed by atoms with E-state index < -0.39 is 5.97 Å². The maximum Gasteiger partial charge on any atom is 0.115 e. The molecule has 2 atom stereocenters. The van der Waals surface area contributed by atoms with Crippen molar-refractivity contribution in [3.05, 3.63) is 65.0 Å². The van der Waals surface area contributed by atoms with E-state index in [4.69, 9.17) is 0 Å². The predicted octanol–water partition coefficient (Wildman–Crippen LogP) is 1.10. The van der Waals surface area contributed by atoms with E-state index in [1.54, 1.807) is 23.1 Å². The second kappa shape index (κ2) is 7.88. The number of carbonyl (C=O) groups is 1. The molecule has 1 saturated heterocycles. The Bertz CT molecular complexity index is 635. The molecular weight excluding hydrogens is 288 g/mol. The highest BCUT2D eigenvalue weighted by atomic mass is 16.4. The molecule has 1 fully saturated rings. The molecule has 0 spiro atoms. The van der Waals surface area contributed by atoms with Crippen molar-refractivity contribution in [1.82, 2.24) is 4.98 Å². The second-order valence-corrected chi connectivity index (χ2v) is 6.07. The molecule has 3 rings (SSSR count). The van der Waals surface area contributed by atoms with Crippen molar-refractivity contribution >= 4 is 5.97 Å². The SMILES string of the molecule is Cc1ccnc(C)c1[C@@H]1CCC[NH+]1C.O=C([O-])c1ccccc1. The van der Waals surface area contributed by atoms with Crippen LogP contribution in [0.4, 0.5) is 0 Å². The first kappa shape index (κ1) is 17.2. The first-order valence-corrected chi connectivity index (χ1v) is 8.01. The number of carboxylic acid groups (broad SMARTS) is 1.